The molecule has 0 aliphatic heterocycles. The lowest BCUT2D eigenvalue weighted by Gasteiger charge is -2.12. The molecule has 0 radical (unpaired) electrons. The minimum Gasteiger partial charge on any atom is -0.346 e. The molecule has 1 aromatic heterocycles. The summed E-state index contributed by atoms with van der Waals surface area (Å²) in [4.78, 5) is 16.7. The summed E-state index contributed by atoms with van der Waals surface area (Å²) in [5.74, 6) is -0.0614. The van der Waals surface area contributed by atoms with Crippen molar-refractivity contribution in [1.82, 2.24) is 10.3 Å². The predicted octanol–water partition coefficient (Wildman–Crippen LogP) is 1.95. The summed E-state index contributed by atoms with van der Waals surface area (Å²) in [6.07, 6.45) is 1.81. The van der Waals surface area contributed by atoms with Crippen LogP contribution >= 0.6 is 24.0 Å². The Morgan fingerprint density at radius 2 is 2.29 bits per heavy atom. The van der Waals surface area contributed by atoms with Gasteiger partial charge in [0, 0.05) is 11.1 Å². The highest BCUT2D eigenvalue weighted by Gasteiger charge is 2.14. The van der Waals surface area contributed by atoms with Gasteiger partial charge in [0.2, 0.25) is 5.91 Å². The van der Waals surface area contributed by atoms with Crippen molar-refractivity contribution in [3.05, 3.63) is 16.1 Å². The van der Waals surface area contributed by atoms with E-state index in [2.05, 4.69) is 22.9 Å². The number of aryl methyl sites for hydroxylation is 1. The maximum atomic E-state index is 11.3. The zero-order valence-corrected chi connectivity index (χ0v) is 10.2. The van der Waals surface area contributed by atoms with Crippen molar-refractivity contribution in [2.24, 2.45) is 0 Å². The second kappa shape index (κ2) is 4.79. The number of amides is 1. The van der Waals surface area contributed by atoms with E-state index in [0.29, 0.717) is 0 Å². The summed E-state index contributed by atoms with van der Waals surface area (Å²) in [5.41, 5.74) is 0. The van der Waals surface area contributed by atoms with E-state index in [1.807, 2.05) is 20.0 Å². The molecule has 0 spiro atoms. The first-order valence-electron chi connectivity index (χ1n) is 4.41. The van der Waals surface area contributed by atoms with Crippen LogP contribution in [0.3, 0.4) is 0 Å². The Hall–Kier alpha value is -0.550. The summed E-state index contributed by atoms with van der Waals surface area (Å²) in [7, 11) is 0. The summed E-state index contributed by atoms with van der Waals surface area (Å²) < 4.78 is 0. The van der Waals surface area contributed by atoms with Crippen molar-refractivity contribution in [3.63, 3.8) is 0 Å². The van der Waals surface area contributed by atoms with Crippen LogP contribution < -0.4 is 5.32 Å². The molecule has 0 aliphatic carbocycles. The van der Waals surface area contributed by atoms with Crippen LogP contribution in [0.5, 0.6) is 0 Å². The third kappa shape index (κ3) is 2.99. The lowest BCUT2D eigenvalue weighted by molar-refractivity contribution is -0.120. The average Bonchev–Trinajstić information content (AvgIpc) is 2.51. The Balaban J connectivity index is 2.59. The van der Waals surface area contributed by atoms with Gasteiger partial charge in [0.05, 0.1) is 11.3 Å². The highest BCUT2D eigenvalue weighted by molar-refractivity contribution is 7.81. The summed E-state index contributed by atoms with van der Waals surface area (Å²) in [5, 5.41) is 3.50. The van der Waals surface area contributed by atoms with E-state index >= 15 is 0 Å². The highest BCUT2D eigenvalue weighted by atomic mass is 32.1. The zero-order valence-electron chi connectivity index (χ0n) is 8.44. The maximum Gasteiger partial charge on any atom is 0.233 e. The standard InChI is InChI=1S/C9H14N2OS2/c1-5-4-10-9(14-5)6(2)11-8(12)7(3)13/h4,6-7,13H,1-3H3,(H,11,12). The molecule has 0 saturated heterocycles. The smallest absolute Gasteiger partial charge is 0.233 e. The number of carbonyl (C=O) groups excluding carboxylic acids is 1. The van der Waals surface area contributed by atoms with Crippen molar-refractivity contribution in [2.45, 2.75) is 32.1 Å². The van der Waals surface area contributed by atoms with E-state index in [4.69, 9.17) is 0 Å². The Morgan fingerprint density at radius 1 is 1.64 bits per heavy atom. The van der Waals surface area contributed by atoms with Gasteiger partial charge in [0.1, 0.15) is 5.01 Å². The molecule has 14 heavy (non-hydrogen) atoms. The van der Waals surface area contributed by atoms with Gasteiger partial charge in [0.25, 0.3) is 0 Å². The number of rotatable bonds is 3. The number of aromatic nitrogens is 1. The van der Waals surface area contributed by atoms with Gasteiger partial charge in [-0.2, -0.15) is 12.6 Å². The molecule has 3 nitrogen and oxygen atoms in total. The van der Waals surface area contributed by atoms with Crippen molar-refractivity contribution in [3.8, 4) is 0 Å². The van der Waals surface area contributed by atoms with Crippen molar-refractivity contribution < 1.29 is 4.79 Å². The molecule has 2 atom stereocenters. The number of hydrogen-bond acceptors (Lipinski definition) is 4. The first kappa shape index (κ1) is 11.5. The van der Waals surface area contributed by atoms with Gasteiger partial charge in [-0.25, -0.2) is 4.98 Å². The van der Waals surface area contributed by atoms with Crippen LogP contribution in [0.4, 0.5) is 0 Å². The number of nitrogens with one attached hydrogen (secondary N) is 1. The molecule has 5 heteroatoms. The largest absolute Gasteiger partial charge is 0.346 e. The molecule has 1 heterocycles. The lowest BCUT2D eigenvalue weighted by atomic mass is 10.3. The van der Waals surface area contributed by atoms with Crippen molar-refractivity contribution >= 4 is 29.9 Å². The SMILES string of the molecule is Cc1cnc(C(C)NC(=O)C(C)S)s1. The van der Waals surface area contributed by atoms with E-state index in [0.717, 1.165) is 9.88 Å². The molecule has 0 saturated carbocycles. The minimum atomic E-state index is -0.279. The van der Waals surface area contributed by atoms with E-state index in [1.165, 1.54) is 0 Å². The zero-order chi connectivity index (χ0) is 10.7. The second-order valence-corrected chi connectivity index (χ2v) is 5.26. The quantitative estimate of drug-likeness (QED) is 0.779. The number of nitrogens with zero attached hydrogens (tertiary/aromatic N) is 1. The van der Waals surface area contributed by atoms with Crippen LogP contribution in [0.25, 0.3) is 0 Å². The molecule has 1 amide bonds. The van der Waals surface area contributed by atoms with Gasteiger partial charge in [-0.15, -0.1) is 11.3 Å². The molecule has 0 aromatic carbocycles. The molecule has 1 rings (SSSR count). The minimum absolute atomic E-state index is 0.0317. The third-order valence-corrected chi connectivity index (χ3v) is 3.08. The Labute approximate surface area is 93.3 Å². The monoisotopic (exact) mass is 230 g/mol. The van der Waals surface area contributed by atoms with Gasteiger partial charge >= 0.3 is 0 Å². The summed E-state index contributed by atoms with van der Waals surface area (Å²) >= 11 is 5.65. The fraction of sp³-hybridized carbons (Fsp3) is 0.556. The normalized spacial score (nSPS) is 14.9. The lowest BCUT2D eigenvalue weighted by Crippen LogP contribution is -2.31. The first-order chi connectivity index (χ1) is 6.50. The molecule has 2 unspecified atom stereocenters. The van der Waals surface area contributed by atoms with Gasteiger partial charge in [-0.3, -0.25) is 4.79 Å². The van der Waals surface area contributed by atoms with Gasteiger partial charge in [-0.1, -0.05) is 0 Å². The number of thiol groups is 1. The molecule has 78 valence electrons. The van der Waals surface area contributed by atoms with Crippen LogP contribution in [-0.4, -0.2) is 16.1 Å². The van der Waals surface area contributed by atoms with Crippen molar-refractivity contribution in [2.75, 3.05) is 0 Å². The highest BCUT2D eigenvalue weighted by Crippen LogP contribution is 2.18. The second-order valence-electron chi connectivity index (χ2n) is 3.22. The molecule has 1 aromatic rings. The summed E-state index contributed by atoms with van der Waals surface area (Å²) in [6, 6.07) is -0.0317. The third-order valence-electron chi connectivity index (χ3n) is 1.75. The predicted molar refractivity (Wildman–Crippen MR) is 61.9 cm³/mol. The van der Waals surface area contributed by atoms with Gasteiger partial charge in [0.15, 0.2) is 0 Å². The van der Waals surface area contributed by atoms with Crippen LogP contribution in [0, 0.1) is 6.92 Å². The number of thiazole rings is 1. The Kier molecular flexibility index (Phi) is 3.95. The topological polar surface area (TPSA) is 42.0 Å². The van der Waals surface area contributed by atoms with E-state index in [9.17, 15) is 4.79 Å². The molecule has 1 N–H and O–H groups in total. The van der Waals surface area contributed by atoms with E-state index in [1.54, 1.807) is 18.3 Å². The van der Waals surface area contributed by atoms with Crippen LogP contribution in [0.1, 0.15) is 29.8 Å². The molecular weight excluding hydrogens is 216 g/mol. The fourth-order valence-electron chi connectivity index (χ4n) is 0.968. The first-order valence-corrected chi connectivity index (χ1v) is 5.74. The molecule has 0 aliphatic rings. The van der Waals surface area contributed by atoms with Gasteiger partial charge < -0.3 is 5.32 Å². The molecule has 0 fully saturated rings. The van der Waals surface area contributed by atoms with Crippen LogP contribution in [-0.2, 0) is 4.79 Å². The molecule has 0 bridgehead atoms. The van der Waals surface area contributed by atoms with Crippen LogP contribution in [0.2, 0.25) is 0 Å². The van der Waals surface area contributed by atoms with Crippen LogP contribution in [0.15, 0.2) is 6.20 Å². The Bertz CT molecular complexity index is 322. The fourth-order valence-corrected chi connectivity index (χ4v) is 1.82. The average molecular weight is 230 g/mol. The number of hydrogen-bond donors (Lipinski definition) is 2. The van der Waals surface area contributed by atoms with Crippen molar-refractivity contribution in [1.29, 1.82) is 0 Å². The maximum absolute atomic E-state index is 11.3. The van der Waals surface area contributed by atoms with E-state index < -0.39 is 0 Å². The Morgan fingerprint density at radius 3 is 2.71 bits per heavy atom. The summed E-state index contributed by atoms with van der Waals surface area (Å²) in [6.45, 7) is 5.67. The van der Waals surface area contributed by atoms with Gasteiger partial charge in [-0.05, 0) is 20.8 Å². The van der Waals surface area contributed by atoms with E-state index in [-0.39, 0.29) is 17.2 Å². The number of carbonyl (C=O) groups is 1. The molecular formula is C9H14N2OS2.